The van der Waals surface area contributed by atoms with Crippen molar-refractivity contribution in [3.63, 3.8) is 0 Å². The molecule has 0 bridgehead atoms. The molecular formula is C14H11ClO. The van der Waals surface area contributed by atoms with Crippen LogP contribution in [0.4, 0.5) is 0 Å². The van der Waals surface area contributed by atoms with Crippen LogP contribution >= 0.6 is 11.6 Å². The van der Waals surface area contributed by atoms with E-state index in [1.54, 1.807) is 0 Å². The summed E-state index contributed by atoms with van der Waals surface area (Å²) in [5.74, 6) is 0. The molecule has 2 heteroatoms. The highest BCUT2D eigenvalue weighted by molar-refractivity contribution is 6.31. The monoisotopic (exact) mass is 230 g/mol. The molecule has 0 atom stereocenters. The second-order valence-electron chi connectivity index (χ2n) is 4.45. The fraction of sp³-hybridized carbons (Fsp3) is 0.214. The van der Waals surface area contributed by atoms with E-state index in [1.165, 1.54) is 0 Å². The molecule has 0 unspecified atom stereocenters. The summed E-state index contributed by atoms with van der Waals surface area (Å²) < 4.78 is 0. The zero-order valence-corrected chi connectivity index (χ0v) is 9.50. The lowest BCUT2D eigenvalue weighted by Gasteiger charge is -2.11. The van der Waals surface area contributed by atoms with Crippen molar-refractivity contribution in [3.8, 4) is 0 Å². The van der Waals surface area contributed by atoms with Crippen molar-refractivity contribution in [2.24, 2.45) is 0 Å². The van der Waals surface area contributed by atoms with E-state index in [4.69, 9.17) is 11.6 Å². The molecule has 0 aromatic heterocycles. The standard InChI is InChI=1S/C14H11ClO/c15-11-4-5-12-10(8-11)2-1-3-13(12)14(9-16)6-7-14/h1-5,8-9H,6-7H2. The molecule has 16 heavy (non-hydrogen) atoms. The number of hydrogen-bond acceptors (Lipinski definition) is 1. The Morgan fingerprint density at radius 1 is 1.19 bits per heavy atom. The molecule has 80 valence electrons. The van der Waals surface area contributed by atoms with Gasteiger partial charge in [-0.2, -0.15) is 0 Å². The van der Waals surface area contributed by atoms with Crippen molar-refractivity contribution in [3.05, 3.63) is 47.0 Å². The number of hydrogen-bond donors (Lipinski definition) is 0. The maximum Gasteiger partial charge on any atom is 0.130 e. The van der Waals surface area contributed by atoms with Gasteiger partial charge >= 0.3 is 0 Å². The molecule has 2 aromatic rings. The second-order valence-corrected chi connectivity index (χ2v) is 4.88. The number of fused-ring (bicyclic) bond motifs is 1. The van der Waals surface area contributed by atoms with Crippen molar-refractivity contribution < 1.29 is 4.79 Å². The van der Waals surface area contributed by atoms with Gasteiger partial charge in [-0.05, 0) is 41.3 Å². The van der Waals surface area contributed by atoms with Gasteiger partial charge in [-0.15, -0.1) is 0 Å². The summed E-state index contributed by atoms with van der Waals surface area (Å²) in [4.78, 5) is 11.2. The highest BCUT2D eigenvalue weighted by atomic mass is 35.5. The first-order valence-corrected chi connectivity index (χ1v) is 5.78. The molecule has 0 saturated heterocycles. The largest absolute Gasteiger partial charge is 0.302 e. The van der Waals surface area contributed by atoms with Gasteiger partial charge in [0.1, 0.15) is 6.29 Å². The summed E-state index contributed by atoms with van der Waals surface area (Å²) in [6.45, 7) is 0. The van der Waals surface area contributed by atoms with Crippen molar-refractivity contribution in [1.82, 2.24) is 0 Å². The average molecular weight is 231 g/mol. The number of rotatable bonds is 2. The first-order chi connectivity index (χ1) is 7.75. The van der Waals surface area contributed by atoms with E-state index in [0.717, 1.165) is 40.5 Å². The minimum atomic E-state index is -0.215. The summed E-state index contributed by atoms with van der Waals surface area (Å²) >= 11 is 5.97. The number of aldehydes is 1. The Morgan fingerprint density at radius 3 is 2.69 bits per heavy atom. The molecule has 1 saturated carbocycles. The van der Waals surface area contributed by atoms with Crippen LogP contribution in [-0.4, -0.2) is 6.29 Å². The quantitative estimate of drug-likeness (QED) is 0.719. The Bertz CT molecular complexity index is 570. The predicted molar refractivity (Wildman–Crippen MR) is 65.9 cm³/mol. The highest BCUT2D eigenvalue weighted by Crippen LogP contribution is 2.48. The van der Waals surface area contributed by atoms with E-state index in [2.05, 4.69) is 6.07 Å². The Hall–Kier alpha value is -1.34. The third-order valence-electron chi connectivity index (χ3n) is 3.39. The van der Waals surface area contributed by atoms with Gasteiger partial charge in [0.05, 0.1) is 5.41 Å². The molecule has 0 radical (unpaired) electrons. The van der Waals surface area contributed by atoms with Gasteiger partial charge < -0.3 is 4.79 Å². The van der Waals surface area contributed by atoms with Crippen LogP contribution in [0.15, 0.2) is 36.4 Å². The van der Waals surface area contributed by atoms with Crippen LogP contribution in [0, 0.1) is 0 Å². The van der Waals surface area contributed by atoms with Crippen LogP contribution in [0.5, 0.6) is 0 Å². The van der Waals surface area contributed by atoms with Crippen LogP contribution < -0.4 is 0 Å². The fourth-order valence-electron chi connectivity index (χ4n) is 2.27. The molecule has 0 spiro atoms. The van der Waals surface area contributed by atoms with Gasteiger partial charge in [0.2, 0.25) is 0 Å². The lowest BCUT2D eigenvalue weighted by molar-refractivity contribution is -0.109. The first kappa shape index (κ1) is 9.86. The summed E-state index contributed by atoms with van der Waals surface area (Å²) in [6, 6.07) is 11.9. The molecule has 1 nitrogen and oxygen atoms in total. The molecule has 1 aliphatic carbocycles. The van der Waals surface area contributed by atoms with Gasteiger partial charge in [0.15, 0.2) is 0 Å². The lowest BCUT2D eigenvalue weighted by Crippen LogP contribution is -2.08. The number of benzene rings is 2. The molecule has 1 fully saturated rings. The van der Waals surface area contributed by atoms with Crippen LogP contribution in [0.25, 0.3) is 10.8 Å². The zero-order chi connectivity index (χ0) is 11.2. The maximum atomic E-state index is 11.2. The smallest absolute Gasteiger partial charge is 0.130 e. The lowest BCUT2D eigenvalue weighted by atomic mass is 9.92. The number of halogens is 1. The maximum absolute atomic E-state index is 11.2. The average Bonchev–Trinajstić information content (AvgIpc) is 3.08. The van der Waals surface area contributed by atoms with E-state index in [-0.39, 0.29) is 5.41 Å². The summed E-state index contributed by atoms with van der Waals surface area (Å²) in [7, 11) is 0. The zero-order valence-electron chi connectivity index (χ0n) is 8.74. The minimum Gasteiger partial charge on any atom is -0.302 e. The molecule has 0 heterocycles. The van der Waals surface area contributed by atoms with E-state index >= 15 is 0 Å². The summed E-state index contributed by atoms with van der Waals surface area (Å²) in [5, 5.41) is 3.00. The van der Waals surface area contributed by atoms with Crippen molar-refractivity contribution in [1.29, 1.82) is 0 Å². The summed E-state index contributed by atoms with van der Waals surface area (Å²) in [6.07, 6.45) is 3.03. The van der Waals surface area contributed by atoms with E-state index in [1.807, 2.05) is 30.3 Å². The van der Waals surface area contributed by atoms with Crippen molar-refractivity contribution in [2.75, 3.05) is 0 Å². The number of carbonyl (C=O) groups excluding carboxylic acids is 1. The van der Waals surface area contributed by atoms with E-state index in [0.29, 0.717) is 0 Å². The normalized spacial score (nSPS) is 17.3. The Kier molecular flexibility index (Phi) is 2.05. The Morgan fingerprint density at radius 2 is 2.00 bits per heavy atom. The molecular weight excluding hydrogens is 220 g/mol. The second kappa shape index (κ2) is 3.33. The topological polar surface area (TPSA) is 17.1 Å². The van der Waals surface area contributed by atoms with Gasteiger partial charge in [-0.1, -0.05) is 35.9 Å². The van der Waals surface area contributed by atoms with E-state index < -0.39 is 0 Å². The number of carbonyl (C=O) groups is 1. The predicted octanol–water partition coefficient (Wildman–Crippen LogP) is 3.72. The molecule has 0 N–H and O–H groups in total. The van der Waals surface area contributed by atoms with Gasteiger partial charge in [0.25, 0.3) is 0 Å². The van der Waals surface area contributed by atoms with Crippen LogP contribution in [-0.2, 0) is 10.2 Å². The molecule has 3 rings (SSSR count). The Balaban J connectivity index is 2.29. The first-order valence-electron chi connectivity index (χ1n) is 5.40. The Labute approximate surface area is 99.0 Å². The molecule has 1 aliphatic rings. The van der Waals surface area contributed by atoms with Gasteiger partial charge in [-0.3, -0.25) is 0 Å². The van der Waals surface area contributed by atoms with Crippen LogP contribution in [0.2, 0.25) is 5.02 Å². The minimum absolute atomic E-state index is 0.215. The molecule has 0 aliphatic heterocycles. The fourth-order valence-corrected chi connectivity index (χ4v) is 2.45. The summed E-state index contributed by atoms with van der Waals surface area (Å²) in [5.41, 5.74) is 0.935. The molecule has 0 amide bonds. The third-order valence-corrected chi connectivity index (χ3v) is 3.63. The third kappa shape index (κ3) is 1.35. The SMILES string of the molecule is O=CC1(c2cccc3cc(Cl)ccc23)CC1. The molecule has 2 aromatic carbocycles. The van der Waals surface area contributed by atoms with E-state index in [9.17, 15) is 4.79 Å². The van der Waals surface area contributed by atoms with Crippen LogP contribution in [0.3, 0.4) is 0 Å². The van der Waals surface area contributed by atoms with Crippen LogP contribution in [0.1, 0.15) is 18.4 Å². The van der Waals surface area contributed by atoms with Crippen molar-refractivity contribution in [2.45, 2.75) is 18.3 Å². The van der Waals surface area contributed by atoms with Crippen molar-refractivity contribution >= 4 is 28.7 Å². The van der Waals surface area contributed by atoms with Gasteiger partial charge in [-0.25, -0.2) is 0 Å². The van der Waals surface area contributed by atoms with Gasteiger partial charge in [0, 0.05) is 5.02 Å². The highest BCUT2D eigenvalue weighted by Gasteiger charge is 2.45.